The molecule has 0 saturated heterocycles. The normalized spacial score (nSPS) is 10.7. The number of fused-ring (bicyclic) bond motifs is 1. The SMILES string of the molecule is COC(=O)c1ccc(Cn2c(=O)cc(C(=O)NCc3ccccc3)c3ccccc32)cc1. The molecule has 4 aromatic rings. The van der Waals surface area contributed by atoms with Crippen LogP contribution in [0.5, 0.6) is 0 Å². The van der Waals surface area contributed by atoms with E-state index in [4.69, 9.17) is 4.74 Å². The van der Waals surface area contributed by atoms with Gasteiger partial charge in [0.15, 0.2) is 0 Å². The minimum Gasteiger partial charge on any atom is -0.465 e. The van der Waals surface area contributed by atoms with Gasteiger partial charge in [-0.25, -0.2) is 4.79 Å². The van der Waals surface area contributed by atoms with Gasteiger partial charge in [-0.3, -0.25) is 9.59 Å². The van der Waals surface area contributed by atoms with Gasteiger partial charge >= 0.3 is 5.97 Å². The highest BCUT2D eigenvalue weighted by atomic mass is 16.5. The van der Waals surface area contributed by atoms with E-state index in [1.54, 1.807) is 28.8 Å². The summed E-state index contributed by atoms with van der Waals surface area (Å²) in [6.07, 6.45) is 0. The summed E-state index contributed by atoms with van der Waals surface area (Å²) in [6.45, 7) is 0.691. The van der Waals surface area contributed by atoms with Crippen LogP contribution in [0, 0.1) is 0 Å². The lowest BCUT2D eigenvalue weighted by molar-refractivity contribution is 0.0600. The topological polar surface area (TPSA) is 77.4 Å². The van der Waals surface area contributed by atoms with Crippen molar-refractivity contribution in [3.8, 4) is 0 Å². The Hall–Kier alpha value is -4.19. The molecule has 0 aliphatic rings. The van der Waals surface area contributed by atoms with E-state index in [0.29, 0.717) is 35.1 Å². The zero-order valence-corrected chi connectivity index (χ0v) is 17.6. The Bertz CT molecular complexity index is 1330. The lowest BCUT2D eigenvalue weighted by Crippen LogP contribution is -2.27. The maximum absolute atomic E-state index is 13.0. The summed E-state index contributed by atoms with van der Waals surface area (Å²) >= 11 is 0. The molecule has 1 amide bonds. The van der Waals surface area contributed by atoms with E-state index in [1.165, 1.54) is 13.2 Å². The number of nitrogens with zero attached hydrogens (tertiary/aromatic N) is 1. The van der Waals surface area contributed by atoms with Gasteiger partial charge in [0, 0.05) is 18.0 Å². The Morgan fingerprint density at radius 2 is 1.56 bits per heavy atom. The number of amides is 1. The lowest BCUT2D eigenvalue weighted by Gasteiger charge is -2.14. The molecule has 1 heterocycles. The van der Waals surface area contributed by atoms with Crippen molar-refractivity contribution in [1.29, 1.82) is 0 Å². The van der Waals surface area contributed by atoms with Crippen molar-refractivity contribution in [2.24, 2.45) is 0 Å². The fourth-order valence-corrected chi connectivity index (χ4v) is 3.61. The average Bonchev–Trinajstić information content (AvgIpc) is 2.84. The van der Waals surface area contributed by atoms with E-state index in [-0.39, 0.29) is 11.5 Å². The summed E-state index contributed by atoms with van der Waals surface area (Å²) in [6, 6.07) is 25.2. The van der Waals surface area contributed by atoms with Crippen LogP contribution in [0.1, 0.15) is 31.8 Å². The first-order valence-electron chi connectivity index (χ1n) is 10.2. The molecule has 0 bridgehead atoms. The molecule has 32 heavy (non-hydrogen) atoms. The molecular formula is C26H22N2O4. The van der Waals surface area contributed by atoms with Gasteiger partial charge < -0.3 is 14.6 Å². The number of methoxy groups -OCH3 is 1. The Morgan fingerprint density at radius 3 is 2.28 bits per heavy atom. The van der Waals surface area contributed by atoms with Crippen LogP contribution in [0.25, 0.3) is 10.9 Å². The molecular weight excluding hydrogens is 404 g/mol. The summed E-state index contributed by atoms with van der Waals surface area (Å²) in [5.41, 5.74) is 3.02. The third-order valence-electron chi connectivity index (χ3n) is 5.28. The largest absolute Gasteiger partial charge is 0.465 e. The number of esters is 1. The second kappa shape index (κ2) is 9.31. The molecule has 0 atom stereocenters. The Balaban J connectivity index is 1.64. The van der Waals surface area contributed by atoms with Crippen LogP contribution in [0.4, 0.5) is 0 Å². The average molecular weight is 426 g/mol. The fraction of sp³-hybridized carbons (Fsp3) is 0.115. The molecule has 4 rings (SSSR count). The van der Waals surface area contributed by atoms with Crippen LogP contribution in [0.15, 0.2) is 89.7 Å². The fourth-order valence-electron chi connectivity index (χ4n) is 3.61. The first kappa shape index (κ1) is 21.1. The smallest absolute Gasteiger partial charge is 0.337 e. The molecule has 6 heteroatoms. The quantitative estimate of drug-likeness (QED) is 0.476. The summed E-state index contributed by atoms with van der Waals surface area (Å²) in [5, 5.41) is 3.59. The van der Waals surface area contributed by atoms with Crippen molar-refractivity contribution in [1.82, 2.24) is 9.88 Å². The molecule has 1 aromatic heterocycles. The predicted octanol–water partition coefficient (Wildman–Crippen LogP) is 3.77. The van der Waals surface area contributed by atoms with Crippen molar-refractivity contribution < 1.29 is 14.3 Å². The number of pyridine rings is 1. The number of carbonyl (C=O) groups is 2. The summed E-state index contributed by atoms with van der Waals surface area (Å²) in [4.78, 5) is 37.5. The van der Waals surface area contributed by atoms with Gasteiger partial charge in [-0.15, -0.1) is 0 Å². The van der Waals surface area contributed by atoms with E-state index in [2.05, 4.69) is 5.32 Å². The number of rotatable bonds is 6. The second-order valence-corrected chi connectivity index (χ2v) is 7.36. The molecule has 0 saturated carbocycles. The van der Waals surface area contributed by atoms with Gasteiger partial charge in [-0.05, 0) is 29.3 Å². The summed E-state index contributed by atoms with van der Waals surface area (Å²) < 4.78 is 6.34. The number of hydrogen-bond acceptors (Lipinski definition) is 4. The van der Waals surface area contributed by atoms with Crippen molar-refractivity contribution in [2.45, 2.75) is 13.1 Å². The standard InChI is InChI=1S/C26H22N2O4/c1-32-26(31)20-13-11-19(12-14-20)17-28-23-10-6-5-9-21(23)22(15-24(28)29)25(30)27-16-18-7-3-2-4-8-18/h2-15H,16-17H2,1H3,(H,27,30). The van der Waals surface area contributed by atoms with Gasteiger partial charge in [-0.1, -0.05) is 60.7 Å². The molecule has 0 unspecified atom stereocenters. The number of hydrogen-bond donors (Lipinski definition) is 1. The third kappa shape index (κ3) is 4.44. The molecule has 6 nitrogen and oxygen atoms in total. The van der Waals surface area contributed by atoms with Crippen LogP contribution in [0.3, 0.4) is 0 Å². The van der Waals surface area contributed by atoms with Crippen LogP contribution < -0.4 is 10.9 Å². The Kier molecular flexibility index (Phi) is 6.12. The number of benzene rings is 3. The van der Waals surface area contributed by atoms with Gasteiger partial charge in [0.05, 0.1) is 30.3 Å². The monoisotopic (exact) mass is 426 g/mol. The summed E-state index contributed by atoms with van der Waals surface area (Å²) in [5.74, 6) is -0.707. The van der Waals surface area contributed by atoms with Crippen LogP contribution >= 0.6 is 0 Å². The zero-order valence-electron chi connectivity index (χ0n) is 17.6. The molecule has 0 aliphatic heterocycles. The maximum Gasteiger partial charge on any atom is 0.337 e. The number of nitrogens with one attached hydrogen (secondary N) is 1. The Morgan fingerprint density at radius 1 is 0.875 bits per heavy atom. The molecule has 1 N–H and O–H groups in total. The molecule has 0 spiro atoms. The Labute approximate surface area is 185 Å². The molecule has 160 valence electrons. The van der Waals surface area contributed by atoms with Crippen molar-refractivity contribution in [3.63, 3.8) is 0 Å². The highest BCUT2D eigenvalue weighted by Gasteiger charge is 2.15. The lowest BCUT2D eigenvalue weighted by atomic mass is 10.1. The third-order valence-corrected chi connectivity index (χ3v) is 5.28. The van der Waals surface area contributed by atoms with Crippen LogP contribution in [0.2, 0.25) is 0 Å². The van der Waals surface area contributed by atoms with E-state index >= 15 is 0 Å². The molecule has 0 fully saturated rings. The second-order valence-electron chi connectivity index (χ2n) is 7.36. The highest BCUT2D eigenvalue weighted by Crippen LogP contribution is 2.18. The number of carbonyl (C=O) groups excluding carboxylic acids is 2. The minimum absolute atomic E-state index is 0.273. The maximum atomic E-state index is 13.0. The van der Waals surface area contributed by atoms with Gasteiger partial charge in [0.1, 0.15) is 0 Å². The van der Waals surface area contributed by atoms with E-state index in [9.17, 15) is 14.4 Å². The number of aromatic nitrogens is 1. The first-order valence-corrected chi connectivity index (χ1v) is 10.2. The first-order chi connectivity index (χ1) is 15.6. The van der Waals surface area contributed by atoms with Crippen LogP contribution in [-0.4, -0.2) is 23.6 Å². The minimum atomic E-state index is -0.412. The predicted molar refractivity (Wildman–Crippen MR) is 123 cm³/mol. The number of para-hydroxylation sites is 1. The van der Waals surface area contributed by atoms with Gasteiger partial charge in [0.25, 0.3) is 11.5 Å². The van der Waals surface area contributed by atoms with E-state index in [0.717, 1.165) is 11.1 Å². The van der Waals surface area contributed by atoms with E-state index < -0.39 is 5.97 Å². The van der Waals surface area contributed by atoms with Crippen LogP contribution in [-0.2, 0) is 17.8 Å². The van der Waals surface area contributed by atoms with Gasteiger partial charge in [0.2, 0.25) is 0 Å². The van der Waals surface area contributed by atoms with Gasteiger partial charge in [-0.2, -0.15) is 0 Å². The zero-order chi connectivity index (χ0) is 22.5. The molecule has 0 aliphatic carbocycles. The van der Waals surface area contributed by atoms with Crippen molar-refractivity contribution in [2.75, 3.05) is 7.11 Å². The van der Waals surface area contributed by atoms with Crippen molar-refractivity contribution in [3.05, 3.63) is 118 Å². The molecule has 0 radical (unpaired) electrons. The van der Waals surface area contributed by atoms with E-state index in [1.807, 2.05) is 54.6 Å². The number of ether oxygens (including phenoxy) is 1. The summed E-state index contributed by atoms with van der Waals surface area (Å²) in [7, 11) is 1.33. The molecule has 3 aromatic carbocycles. The highest BCUT2D eigenvalue weighted by molar-refractivity contribution is 6.06. The van der Waals surface area contributed by atoms with Crippen molar-refractivity contribution >= 4 is 22.8 Å².